The van der Waals surface area contributed by atoms with Gasteiger partial charge in [0.25, 0.3) is 5.56 Å². The van der Waals surface area contributed by atoms with E-state index in [0.717, 1.165) is 49.3 Å². The van der Waals surface area contributed by atoms with Crippen LogP contribution in [0.4, 0.5) is 11.6 Å². The first-order valence-electron chi connectivity index (χ1n) is 9.93. The van der Waals surface area contributed by atoms with Gasteiger partial charge in [0.2, 0.25) is 0 Å². The number of aryl methyl sites for hydroxylation is 1. The smallest absolute Gasteiger partial charge is 0.259 e. The minimum atomic E-state index is -0.0422. The molecule has 3 aromatic heterocycles. The number of rotatable bonds is 3. The maximum absolute atomic E-state index is 12.4. The number of hydrogen-bond donors (Lipinski definition) is 0. The van der Waals surface area contributed by atoms with E-state index in [1.807, 2.05) is 18.2 Å². The van der Waals surface area contributed by atoms with E-state index in [9.17, 15) is 4.79 Å². The molecule has 7 nitrogen and oxygen atoms in total. The standard InChI is InChI=1S/C21H24N6O/c1-14-15(2)22-20(16-6-7-16)24-21(14)26-11-9-25(10-12-26)18-13-19(28)27-8-4-3-5-17(27)23-18/h3-5,8,13,16H,6-7,9-12H2,1-2H3. The highest BCUT2D eigenvalue weighted by molar-refractivity contribution is 5.53. The molecule has 1 aliphatic carbocycles. The van der Waals surface area contributed by atoms with Gasteiger partial charge in [-0.05, 0) is 38.8 Å². The van der Waals surface area contributed by atoms with Crippen molar-refractivity contribution < 1.29 is 0 Å². The lowest BCUT2D eigenvalue weighted by atomic mass is 10.2. The summed E-state index contributed by atoms with van der Waals surface area (Å²) in [6.07, 6.45) is 4.17. The average molecular weight is 376 g/mol. The van der Waals surface area contributed by atoms with Crippen LogP contribution in [0.3, 0.4) is 0 Å². The topological polar surface area (TPSA) is 66.6 Å². The van der Waals surface area contributed by atoms with Crippen LogP contribution < -0.4 is 15.4 Å². The number of pyridine rings is 1. The zero-order chi connectivity index (χ0) is 19.3. The van der Waals surface area contributed by atoms with E-state index in [1.165, 1.54) is 18.4 Å². The Morgan fingerprint density at radius 1 is 0.964 bits per heavy atom. The third kappa shape index (κ3) is 3.00. The second kappa shape index (κ2) is 6.58. The molecule has 3 aromatic rings. The molecule has 28 heavy (non-hydrogen) atoms. The molecule has 2 aliphatic rings. The highest BCUT2D eigenvalue weighted by Gasteiger charge is 2.29. The van der Waals surface area contributed by atoms with Crippen molar-refractivity contribution in [3.05, 3.63) is 57.9 Å². The molecule has 1 saturated heterocycles. The fraction of sp³-hybridized carbons (Fsp3) is 0.429. The van der Waals surface area contributed by atoms with Crippen molar-refractivity contribution in [2.45, 2.75) is 32.6 Å². The largest absolute Gasteiger partial charge is 0.353 e. The molecule has 0 aromatic carbocycles. The third-order valence-corrected chi connectivity index (χ3v) is 5.78. The molecular formula is C21H24N6O. The van der Waals surface area contributed by atoms with Crippen LogP contribution in [0, 0.1) is 13.8 Å². The van der Waals surface area contributed by atoms with E-state index in [1.54, 1.807) is 16.7 Å². The molecule has 0 atom stereocenters. The molecule has 1 aliphatic heterocycles. The van der Waals surface area contributed by atoms with Crippen LogP contribution in [0.25, 0.3) is 5.65 Å². The van der Waals surface area contributed by atoms with Gasteiger partial charge in [-0.15, -0.1) is 0 Å². The van der Waals surface area contributed by atoms with Gasteiger partial charge in [0, 0.05) is 55.6 Å². The molecule has 0 unspecified atom stereocenters. The minimum Gasteiger partial charge on any atom is -0.353 e. The van der Waals surface area contributed by atoms with Crippen molar-refractivity contribution >= 4 is 17.3 Å². The molecule has 0 bridgehead atoms. The van der Waals surface area contributed by atoms with Gasteiger partial charge < -0.3 is 9.80 Å². The molecule has 0 radical (unpaired) electrons. The first-order valence-corrected chi connectivity index (χ1v) is 9.93. The van der Waals surface area contributed by atoms with Crippen LogP contribution in [0.5, 0.6) is 0 Å². The highest BCUT2D eigenvalue weighted by atomic mass is 16.1. The van der Waals surface area contributed by atoms with Crippen LogP contribution in [-0.4, -0.2) is 45.5 Å². The lowest BCUT2D eigenvalue weighted by Crippen LogP contribution is -2.47. The maximum Gasteiger partial charge on any atom is 0.259 e. The Bertz CT molecular complexity index is 1100. The van der Waals surface area contributed by atoms with Crippen molar-refractivity contribution in [3.8, 4) is 0 Å². The fourth-order valence-electron chi connectivity index (χ4n) is 3.82. The van der Waals surface area contributed by atoms with Gasteiger partial charge in [-0.3, -0.25) is 9.20 Å². The van der Waals surface area contributed by atoms with Crippen LogP contribution in [0.2, 0.25) is 0 Å². The molecule has 0 N–H and O–H groups in total. The van der Waals surface area contributed by atoms with E-state index in [4.69, 9.17) is 9.97 Å². The van der Waals surface area contributed by atoms with Crippen molar-refractivity contribution in [1.82, 2.24) is 19.4 Å². The van der Waals surface area contributed by atoms with Gasteiger partial charge in [-0.1, -0.05) is 6.07 Å². The zero-order valence-corrected chi connectivity index (χ0v) is 16.3. The summed E-state index contributed by atoms with van der Waals surface area (Å²) in [6, 6.07) is 7.25. The van der Waals surface area contributed by atoms with Gasteiger partial charge in [0.1, 0.15) is 23.1 Å². The molecule has 0 amide bonds. The van der Waals surface area contributed by atoms with E-state index in [0.29, 0.717) is 11.6 Å². The quantitative estimate of drug-likeness (QED) is 0.699. The Balaban J connectivity index is 1.38. The molecule has 5 rings (SSSR count). The van der Waals surface area contributed by atoms with E-state index in [-0.39, 0.29) is 5.56 Å². The van der Waals surface area contributed by atoms with Crippen molar-refractivity contribution in [2.75, 3.05) is 36.0 Å². The predicted molar refractivity (Wildman–Crippen MR) is 109 cm³/mol. The van der Waals surface area contributed by atoms with Crippen LogP contribution in [0.1, 0.15) is 35.8 Å². The summed E-state index contributed by atoms with van der Waals surface area (Å²) < 4.78 is 1.58. The summed E-state index contributed by atoms with van der Waals surface area (Å²) in [5.41, 5.74) is 2.89. The molecule has 1 saturated carbocycles. The second-order valence-corrected chi connectivity index (χ2v) is 7.75. The Morgan fingerprint density at radius 2 is 1.71 bits per heavy atom. The van der Waals surface area contributed by atoms with Gasteiger partial charge >= 0.3 is 0 Å². The lowest BCUT2D eigenvalue weighted by Gasteiger charge is -2.36. The Kier molecular flexibility index (Phi) is 4.03. The summed E-state index contributed by atoms with van der Waals surface area (Å²) in [5, 5.41) is 0. The number of nitrogens with zero attached hydrogens (tertiary/aromatic N) is 6. The van der Waals surface area contributed by atoms with Crippen LogP contribution in [-0.2, 0) is 0 Å². The molecule has 2 fully saturated rings. The molecule has 0 spiro atoms. The van der Waals surface area contributed by atoms with Crippen molar-refractivity contribution in [3.63, 3.8) is 0 Å². The maximum atomic E-state index is 12.4. The molecule has 7 heteroatoms. The Labute approximate surface area is 163 Å². The SMILES string of the molecule is Cc1nc(C2CC2)nc(N2CCN(c3cc(=O)n4ccccc4n3)CC2)c1C. The lowest BCUT2D eigenvalue weighted by molar-refractivity contribution is 0.636. The number of piperazine rings is 1. The number of anilines is 2. The first-order chi connectivity index (χ1) is 13.6. The van der Waals surface area contributed by atoms with Gasteiger partial charge in [-0.2, -0.15) is 0 Å². The normalized spacial score (nSPS) is 17.4. The van der Waals surface area contributed by atoms with E-state index >= 15 is 0 Å². The van der Waals surface area contributed by atoms with Crippen molar-refractivity contribution in [2.24, 2.45) is 0 Å². The first kappa shape index (κ1) is 17.2. The number of aromatic nitrogens is 4. The monoisotopic (exact) mass is 376 g/mol. The van der Waals surface area contributed by atoms with Gasteiger partial charge in [-0.25, -0.2) is 15.0 Å². The summed E-state index contributed by atoms with van der Waals surface area (Å²) in [5.74, 6) is 3.38. The number of hydrogen-bond acceptors (Lipinski definition) is 6. The van der Waals surface area contributed by atoms with Crippen molar-refractivity contribution in [1.29, 1.82) is 0 Å². The summed E-state index contributed by atoms with van der Waals surface area (Å²) in [4.78, 5) is 31.2. The third-order valence-electron chi connectivity index (χ3n) is 5.78. The van der Waals surface area contributed by atoms with E-state index in [2.05, 4.69) is 28.6 Å². The Hall–Kier alpha value is -2.96. The second-order valence-electron chi connectivity index (χ2n) is 7.75. The van der Waals surface area contributed by atoms with Gasteiger partial charge in [0.05, 0.1) is 0 Å². The van der Waals surface area contributed by atoms with Crippen LogP contribution >= 0.6 is 0 Å². The predicted octanol–water partition coefficient (Wildman–Crippen LogP) is 2.31. The summed E-state index contributed by atoms with van der Waals surface area (Å²) in [6.45, 7) is 7.54. The van der Waals surface area contributed by atoms with E-state index < -0.39 is 0 Å². The summed E-state index contributed by atoms with van der Waals surface area (Å²) >= 11 is 0. The summed E-state index contributed by atoms with van der Waals surface area (Å²) in [7, 11) is 0. The average Bonchev–Trinajstić information content (AvgIpc) is 3.55. The molecule has 144 valence electrons. The molecule has 4 heterocycles. The molecular weight excluding hydrogens is 352 g/mol. The minimum absolute atomic E-state index is 0.0422. The Morgan fingerprint density at radius 3 is 2.46 bits per heavy atom. The number of fused-ring (bicyclic) bond motifs is 1. The highest BCUT2D eigenvalue weighted by Crippen LogP contribution is 2.39. The van der Waals surface area contributed by atoms with Gasteiger partial charge in [0.15, 0.2) is 0 Å². The van der Waals surface area contributed by atoms with Crippen LogP contribution in [0.15, 0.2) is 35.3 Å². The zero-order valence-electron chi connectivity index (χ0n) is 16.3. The fourth-order valence-corrected chi connectivity index (χ4v) is 3.82.